The number of halogens is 1. The van der Waals surface area contributed by atoms with Gasteiger partial charge in [0.2, 0.25) is 0 Å². The zero-order valence-corrected chi connectivity index (χ0v) is 19.6. The average Bonchev–Trinajstić information content (AvgIpc) is 2.86. The number of carbonyl (C=O) groups is 4. The molecule has 1 fully saturated rings. The molecule has 1 aliphatic heterocycles. The Balaban J connectivity index is 1.58. The van der Waals surface area contributed by atoms with Crippen LogP contribution in [0.4, 0.5) is 10.5 Å². The smallest absolute Gasteiger partial charge is 0.335 e. The number of anilines is 1. The number of carbonyl (C=O) groups excluding carboxylic acids is 3. The molecule has 10 heteroatoms. The van der Waals surface area contributed by atoms with Crippen molar-refractivity contribution in [3.63, 3.8) is 0 Å². The molecule has 3 aromatic rings. The highest BCUT2D eigenvalue weighted by molar-refractivity contribution is 6.39. The van der Waals surface area contributed by atoms with Gasteiger partial charge in [-0.3, -0.25) is 14.9 Å². The van der Waals surface area contributed by atoms with Crippen LogP contribution in [-0.4, -0.2) is 36.0 Å². The molecule has 4 amide bonds. The predicted octanol–water partition coefficient (Wildman–Crippen LogP) is 4.29. The number of carboxylic acid groups (broad SMARTS) is 1. The van der Waals surface area contributed by atoms with Crippen LogP contribution in [0.25, 0.3) is 6.08 Å². The number of barbiturate groups is 1. The van der Waals surface area contributed by atoms with Gasteiger partial charge in [0.05, 0.1) is 18.4 Å². The summed E-state index contributed by atoms with van der Waals surface area (Å²) in [6.07, 6.45) is 1.33. The molecule has 1 aliphatic rings. The van der Waals surface area contributed by atoms with Crippen molar-refractivity contribution in [3.05, 3.63) is 94.0 Å². The number of amides is 4. The summed E-state index contributed by atoms with van der Waals surface area (Å²) < 4.78 is 11.2. The summed E-state index contributed by atoms with van der Waals surface area (Å²) in [6.45, 7) is 0.270. The van der Waals surface area contributed by atoms with E-state index in [9.17, 15) is 19.2 Å². The second-order valence-corrected chi connectivity index (χ2v) is 8.07. The number of ether oxygens (including phenoxy) is 2. The normalized spacial score (nSPS) is 14.6. The molecule has 0 aromatic heterocycles. The van der Waals surface area contributed by atoms with E-state index in [4.69, 9.17) is 26.2 Å². The molecule has 0 saturated carbocycles. The van der Waals surface area contributed by atoms with E-state index in [1.807, 2.05) is 12.1 Å². The van der Waals surface area contributed by atoms with Crippen molar-refractivity contribution < 1.29 is 33.8 Å². The average molecular weight is 507 g/mol. The highest BCUT2D eigenvalue weighted by atomic mass is 35.5. The Labute approximate surface area is 210 Å². The van der Waals surface area contributed by atoms with Crippen LogP contribution in [0, 0.1) is 0 Å². The van der Waals surface area contributed by atoms with Gasteiger partial charge >= 0.3 is 12.0 Å². The SMILES string of the molecule is COc1cc(/C=C2\C(=O)NC(=O)N(c3ccc(C(=O)O)cc3)C2=O)ccc1OCc1ccc(Cl)cc1. The number of nitrogens with zero attached hydrogens (tertiary/aromatic N) is 1. The van der Waals surface area contributed by atoms with Crippen LogP contribution in [0.1, 0.15) is 21.5 Å². The molecular weight excluding hydrogens is 488 g/mol. The molecule has 182 valence electrons. The molecule has 3 aromatic carbocycles. The van der Waals surface area contributed by atoms with Gasteiger partial charge in [0, 0.05) is 5.02 Å². The summed E-state index contributed by atoms with van der Waals surface area (Å²) in [4.78, 5) is 49.7. The second-order valence-electron chi connectivity index (χ2n) is 7.64. The Kier molecular flexibility index (Phi) is 7.03. The first kappa shape index (κ1) is 24.5. The van der Waals surface area contributed by atoms with Gasteiger partial charge in [0.1, 0.15) is 12.2 Å². The van der Waals surface area contributed by atoms with Gasteiger partial charge < -0.3 is 14.6 Å². The number of methoxy groups -OCH3 is 1. The van der Waals surface area contributed by atoms with E-state index in [2.05, 4.69) is 5.32 Å². The van der Waals surface area contributed by atoms with Crippen molar-refractivity contribution >= 4 is 47.2 Å². The van der Waals surface area contributed by atoms with Crippen molar-refractivity contribution in [1.82, 2.24) is 5.32 Å². The first-order valence-electron chi connectivity index (χ1n) is 10.6. The number of nitrogens with one attached hydrogen (secondary N) is 1. The summed E-state index contributed by atoms with van der Waals surface area (Å²) in [7, 11) is 1.46. The number of carboxylic acids is 1. The van der Waals surface area contributed by atoms with E-state index in [0.29, 0.717) is 22.1 Å². The summed E-state index contributed by atoms with van der Waals surface area (Å²) in [5.41, 5.74) is 1.18. The van der Waals surface area contributed by atoms with Gasteiger partial charge in [-0.15, -0.1) is 0 Å². The zero-order valence-electron chi connectivity index (χ0n) is 18.9. The molecule has 0 aliphatic carbocycles. The third-order valence-electron chi connectivity index (χ3n) is 5.28. The highest BCUT2D eigenvalue weighted by Gasteiger charge is 2.36. The fraction of sp³-hybridized carbons (Fsp3) is 0.0769. The monoisotopic (exact) mass is 506 g/mol. The molecule has 9 nitrogen and oxygen atoms in total. The van der Waals surface area contributed by atoms with E-state index in [1.54, 1.807) is 30.3 Å². The number of aromatic carboxylic acids is 1. The predicted molar refractivity (Wildman–Crippen MR) is 131 cm³/mol. The third-order valence-corrected chi connectivity index (χ3v) is 5.53. The quantitative estimate of drug-likeness (QED) is 0.362. The van der Waals surface area contributed by atoms with E-state index in [1.165, 1.54) is 37.5 Å². The molecule has 0 radical (unpaired) electrons. The van der Waals surface area contributed by atoms with E-state index in [0.717, 1.165) is 10.5 Å². The summed E-state index contributed by atoms with van der Waals surface area (Å²) in [5.74, 6) is -2.04. The van der Waals surface area contributed by atoms with Gasteiger partial charge in [0.25, 0.3) is 11.8 Å². The van der Waals surface area contributed by atoms with Crippen LogP contribution >= 0.6 is 11.6 Å². The van der Waals surface area contributed by atoms with Crippen molar-refractivity contribution in [2.45, 2.75) is 6.61 Å². The van der Waals surface area contributed by atoms with Gasteiger partial charge in [-0.1, -0.05) is 29.8 Å². The maximum Gasteiger partial charge on any atom is 0.335 e. The molecule has 0 spiro atoms. The van der Waals surface area contributed by atoms with E-state index >= 15 is 0 Å². The Morgan fingerprint density at radius 2 is 1.69 bits per heavy atom. The summed E-state index contributed by atoms with van der Waals surface area (Å²) in [5, 5.41) is 11.8. The van der Waals surface area contributed by atoms with Crippen LogP contribution < -0.4 is 19.7 Å². The molecule has 36 heavy (non-hydrogen) atoms. The number of hydrogen-bond donors (Lipinski definition) is 2. The lowest BCUT2D eigenvalue weighted by Gasteiger charge is -2.26. The van der Waals surface area contributed by atoms with Crippen LogP contribution in [0.15, 0.2) is 72.3 Å². The van der Waals surface area contributed by atoms with Crippen LogP contribution in [-0.2, 0) is 16.2 Å². The van der Waals surface area contributed by atoms with Crippen molar-refractivity contribution in [2.24, 2.45) is 0 Å². The minimum Gasteiger partial charge on any atom is -0.493 e. The molecule has 0 unspecified atom stereocenters. The largest absolute Gasteiger partial charge is 0.493 e. The maximum atomic E-state index is 13.1. The van der Waals surface area contributed by atoms with Crippen LogP contribution in [0.2, 0.25) is 5.02 Å². The highest BCUT2D eigenvalue weighted by Crippen LogP contribution is 2.30. The topological polar surface area (TPSA) is 122 Å². The molecule has 2 N–H and O–H groups in total. The lowest BCUT2D eigenvalue weighted by atomic mass is 10.1. The summed E-state index contributed by atoms with van der Waals surface area (Å²) >= 11 is 5.90. The molecule has 1 saturated heterocycles. The van der Waals surface area contributed by atoms with Gasteiger partial charge in [-0.05, 0) is 65.7 Å². The lowest BCUT2D eigenvalue weighted by molar-refractivity contribution is -0.122. The third kappa shape index (κ3) is 5.21. The van der Waals surface area contributed by atoms with Crippen LogP contribution in [0.3, 0.4) is 0 Å². The second kappa shape index (κ2) is 10.3. The lowest BCUT2D eigenvalue weighted by Crippen LogP contribution is -2.54. The van der Waals surface area contributed by atoms with Crippen molar-refractivity contribution in [3.8, 4) is 11.5 Å². The zero-order chi connectivity index (χ0) is 25.8. The van der Waals surface area contributed by atoms with Gasteiger partial charge in [-0.2, -0.15) is 0 Å². The fourth-order valence-corrected chi connectivity index (χ4v) is 3.57. The van der Waals surface area contributed by atoms with Crippen molar-refractivity contribution in [1.29, 1.82) is 0 Å². The fourth-order valence-electron chi connectivity index (χ4n) is 3.45. The number of rotatable bonds is 7. The molecular formula is C26H19ClN2O7. The Morgan fingerprint density at radius 3 is 2.33 bits per heavy atom. The molecule has 0 bridgehead atoms. The summed E-state index contributed by atoms with van der Waals surface area (Å²) in [6, 6.07) is 16.2. The Hall–Kier alpha value is -4.63. The first-order chi connectivity index (χ1) is 17.3. The Morgan fingerprint density at radius 1 is 1.00 bits per heavy atom. The molecule has 1 heterocycles. The molecule has 4 rings (SSSR count). The molecule has 0 atom stereocenters. The Bertz CT molecular complexity index is 1380. The number of urea groups is 1. The maximum absolute atomic E-state index is 13.1. The minimum absolute atomic E-state index is 0.0130. The number of benzene rings is 3. The standard InChI is InChI=1S/C26H19ClN2O7/c1-35-22-13-16(4-11-21(22)36-14-15-2-7-18(27)8-3-15)12-20-23(30)28-26(34)29(24(20)31)19-9-5-17(6-10-19)25(32)33/h2-13H,14H2,1H3,(H,32,33)(H,28,30,34)/b20-12+. The van der Waals surface area contributed by atoms with E-state index < -0.39 is 23.8 Å². The van der Waals surface area contributed by atoms with Gasteiger partial charge in [0.15, 0.2) is 11.5 Å². The van der Waals surface area contributed by atoms with Crippen LogP contribution in [0.5, 0.6) is 11.5 Å². The van der Waals surface area contributed by atoms with E-state index in [-0.39, 0.29) is 23.4 Å². The number of hydrogen-bond acceptors (Lipinski definition) is 6. The van der Waals surface area contributed by atoms with Crippen molar-refractivity contribution in [2.75, 3.05) is 12.0 Å². The first-order valence-corrected chi connectivity index (χ1v) is 10.9. The van der Waals surface area contributed by atoms with Gasteiger partial charge in [-0.25, -0.2) is 14.5 Å². The minimum atomic E-state index is -1.15. The number of imide groups is 2.